The van der Waals surface area contributed by atoms with Crippen molar-refractivity contribution in [3.8, 4) is 0 Å². The molecule has 1 aliphatic carbocycles. The van der Waals surface area contributed by atoms with Gasteiger partial charge in [0.05, 0.1) is 0 Å². The van der Waals surface area contributed by atoms with Crippen molar-refractivity contribution >= 4 is 0 Å². The minimum Gasteiger partial charge on any atom is -0.396 e. The molecule has 0 aromatic heterocycles. The van der Waals surface area contributed by atoms with E-state index in [0.29, 0.717) is 6.61 Å². The third-order valence-corrected chi connectivity index (χ3v) is 2.58. The van der Waals surface area contributed by atoms with Crippen molar-refractivity contribution in [2.45, 2.75) is 39.0 Å². The van der Waals surface area contributed by atoms with E-state index >= 15 is 0 Å². The fraction of sp³-hybridized carbons (Fsp3) is 0.818. The van der Waals surface area contributed by atoms with E-state index in [1.54, 1.807) is 0 Å². The molecule has 12 heavy (non-hydrogen) atoms. The summed E-state index contributed by atoms with van der Waals surface area (Å²) in [5, 5.41) is 8.68. The summed E-state index contributed by atoms with van der Waals surface area (Å²) in [6, 6.07) is 0. The van der Waals surface area contributed by atoms with Gasteiger partial charge in [0.2, 0.25) is 0 Å². The van der Waals surface area contributed by atoms with Gasteiger partial charge in [-0.1, -0.05) is 31.9 Å². The predicted molar refractivity (Wildman–Crippen MR) is 52.0 cm³/mol. The zero-order chi connectivity index (χ0) is 8.81. The van der Waals surface area contributed by atoms with Gasteiger partial charge >= 0.3 is 0 Å². The van der Waals surface area contributed by atoms with Gasteiger partial charge in [-0.3, -0.25) is 0 Å². The van der Waals surface area contributed by atoms with Gasteiger partial charge in [-0.15, -0.1) is 0 Å². The molecule has 1 fully saturated rings. The Morgan fingerprint density at radius 2 is 2.33 bits per heavy atom. The molecule has 0 saturated heterocycles. The minimum atomic E-state index is 0.365. The molecule has 0 unspecified atom stereocenters. The molecule has 1 nitrogen and oxygen atoms in total. The van der Waals surface area contributed by atoms with Gasteiger partial charge in [0, 0.05) is 6.61 Å². The molecule has 2 atom stereocenters. The van der Waals surface area contributed by atoms with Crippen LogP contribution in [0.2, 0.25) is 0 Å². The standard InChI is InChI=1S/C11H20O/c1-2-3-4-5-6-10-9-11(10)7-8-12/h5-6,10-12H,2-4,7-9H2,1H3/b6-5+/t10-,11-/m1/s1. The Bertz CT molecular complexity index is 140. The number of hydrogen-bond acceptors (Lipinski definition) is 1. The summed E-state index contributed by atoms with van der Waals surface area (Å²) in [7, 11) is 0. The Labute approximate surface area is 75.5 Å². The first-order valence-corrected chi connectivity index (χ1v) is 5.16. The van der Waals surface area contributed by atoms with Gasteiger partial charge in [0.1, 0.15) is 0 Å². The van der Waals surface area contributed by atoms with Crippen LogP contribution in [0.25, 0.3) is 0 Å². The van der Waals surface area contributed by atoms with Crippen LogP contribution >= 0.6 is 0 Å². The molecule has 0 bridgehead atoms. The van der Waals surface area contributed by atoms with Crippen LogP contribution in [-0.2, 0) is 0 Å². The summed E-state index contributed by atoms with van der Waals surface area (Å²) in [4.78, 5) is 0. The second kappa shape index (κ2) is 5.36. The Kier molecular flexibility index (Phi) is 4.37. The maximum atomic E-state index is 8.68. The average Bonchev–Trinajstić information content (AvgIpc) is 2.79. The minimum absolute atomic E-state index is 0.365. The first-order chi connectivity index (χ1) is 5.88. The van der Waals surface area contributed by atoms with E-state index in [9.17, 15) is 0 Å². The zero-order valence-electron chi connectivity index (χ0n) is 8.00. The normalized spacial score (nSPS) is 28.2. The first-order valence-electron chi connectivity index (χ1n) is 5.16. The molecule has 0 aromatic carbocycles. The molecule has 0 aliphatic heterocycles. The molecule has 1 rings (SSSR count). The van der Waals surface area contributed by atoms with E-state index in [1.165, 1.54) is 25.7 Å². The van der Waals surface area contributed by atoms with Crippen molar-refractivity contribution in [1.29, 1.82) is 0 Å². The molecule has 1 N–H and O–H groups in total. The molecule has 0 heterocycles. The van der Waals surface area contributed by atoms with Crippen LogP contribution in [0.5, 0.6) is 0 Å². The van der Waals surface area contributed by atoms with Crippen molar-refractivity contribution in [2.24, 2.45) is 11.8 Å². The number of aliphatic hydroxyl groups excluding tert-OH is 1. The van der Waals surface area contributed by atoms with Gasteiger partial charge in [-0.25, -0.2) is 0 Å². The van der Waals surface area contributed by atoms with E-state index in [4.69, 9.17) is 5.11 Å². The molecular formula is C11H20O. The van der Waals surface area contributed by atoms with Crippen LogP contribution in [0, 0.1) is 11.8 Å². The Balaban J connectivity index is 1.98. The SMILES string of the molecule is CCCC/C=C/[C@@H]1C[C@H]1CCO. The van der Waals surface area contributed by atoms with Crippen molar-refractivity contribution < 1.29 is 5.11 Å². The summed E-state index contributed by atoms with van der Waals surface area (Å²) >= 11 is 0. The molecule has 0 spiro atoms. The summed E-state index contributed by atoms with van der Waals surface area (Å²) in [5.74, 6) is 1.60. The van der Waals surface area contributed by atoms with Gasteiger partial charge in [-0.2, -0.15) is 0 Å². The molecule has 0 radical (unpaired) electrons. The van der Waals surface area contributed by atoms with E-state index in [0.717, 1.165) is 18.3 Å². The molecule has 0 amide bonds. The average molecular weight is 168 g/mol. The quantitative estimate of drug-likeness (QED) is 0.477. The lowest BCUT2D eigenvalue weighted by Crippen LogP contribution is -1.85. The van der Waals surface area contributed by atoms with Crippen LogP contribution in [0.15, 0.2) is 12.2 Å². The van der Waals surface area contributed by atoms with Crippen molar-refractivity contribution in [3.05, 3.63) is 12.2 Å². The van der Waals surface area contributed by atoms with Gasteiger partial charge in [0.15, 0.2) is 0 Å². The summed E-state index contributed by atoms with van der Waals surface area (Å²) in [5.41, 5.74) is 0. The van der Waals surface area contributed by atoms with Crippen molar-refractivity contribution in [2.75, 3.05) is 6.61 Å². The summed E-state index contributed by atoms with van der Waals surface area (Å²) in [6.45, 7) is 2.59. The Morgan fingerprint density at radius 1 is 1.50 bits per heavy atom. The monoisotopic (exact) mass is 168 g/mol. The Morgan fingerprint density at radius 3 is 3.00 bits per heavy atom. The summed E-state index contributed by atoms with van der Waals surface area (Å²) in [6.07, 6.45) is 10.8. The van der Waals surface area contributed by atoms with Gasteiger partial charge < -0.3 is 5.11 Å². The molecule has 0 aromatic rings. The fourth-order valence-electron chi connectivity index (χ4n) is 1.60. The highest BCUT2D eigenvalue weighted by molar-refractivity contribution is 5.01. The first kappa shape index (κ1) is 9.79. The third-order valence-electron chi connectivity index (χ3n) is 2.58. The maximum absolute atomic E-state index is 8.68. The Hall–Kier alpha value is -0.300. The maximum Gasteiger partial charge on any atom is 0.0433 e. The van der Waals surface area contributed by atoms with Crippen LogP contribution in [-0.4, -0.2) is 11.7 Å². The predicted octanol–water partition coefficient (Wildman–Crippen LogP) is 2.75. The van der Waals surface area contributed by atoms with Gasteiger partial charge in [0.25, 0.3) is 0 Å². The van der Waals surface area contributed by atoms with Crippen molar-refractivity contribution in [1.82, 2.24) is 0 Å². The zero-order valence-corrected chi connectivity index (χ0v) is 8.00. The van der Waals surface area contributed by atoms with Crippen LogP contribution in [0.4, 0.5) is 0 Å². The van der Waals surface area contributed by atoms with E-state index in [1.807, 2.05) is 0 Å². The molecule has 1 aliphatic rings. The second-order valence-electron chi connectivity index (χ2n) is 3.74. The lowest BCUT2D eigenvalue weighted by atomic mass is 10.2. The highest BCUT2D eigenvalue weighted by Crippen LogP contribution is 2.42. The van der Waals surface area contributed by atoms with Gasteiger partial charge in [-0.05, 0) is 31.1 Å². The summed E-state index contributed by atoms with van der Waals surface area (Å²) < 4.78 is 0. The van der Waals surface area contributed by atoms with Crippen molar-refractivity contribution in [3.63, 3.8) is 0 Å². The topological polar surface area (TPSA) is 20.2 Å². The van der Waals surface area contributed by atoms with Crippen LogP contribution in [0.3, 0.4) is 0 Å². The number of rotatable bonds is 6. The third kappa shape index (κ3) is 3.40. The largest absolute Gasteiger partial charge is 0.396 e. The van der Waals surface area contributed by atoms with E-state index in [2.05, 4.69) is 19.1 Å². The molecule has 1 saturated carbocycles. The van der Waals surface area contributed by atoms with Crippen LogP contribution < -0.4 is 0 Å². The van der Waals surface area contributed by atoms with E-state index < -0.39 is 0 Å². The number of allylic oxidation sites excluding steroid dienone is 2. The number of unbranched alkanes of at least 4 members (excludes halogenated alkanes) is 2. The highest BCUT2D eigenvalue weighted by atomic mass is 16.3. The molecule has 1 heteroatoms. The van der Waals surface area contributed by atoms with E-state index in [-0.39, 0.29) is 0 Å². The fourth-order valence-corrected chi connectivity index (χ4v) is 1.60. The number of hydrogen-bond donors (Lipinski definition) is 1. The van der Waals surface area contributed by atoms with Crippen LogP contribution in [0.1, 0.15) is 39.0 Å². The number of aliphatic hydroxyl groups is 1. The highest BCUT2D eigenvalue weighted by Gasteiger charge is 2.33. The lowest BCUT2D eigenvalue weighted by Gasteiger charge is -1.91. The second-order valence-corrected chi connectivity index (χ2v) is 3.74. The molecular weight excluding hydrogens is 148 g/mol. The smallest absolute Gasteiger partial charge is 0.0433 e. The lowest BCUT2D eigenvalue weighted by molar-refractivity contribution is 0.278. The molecule has 70 valence electrons.